The highest BCUT2D eigenvalue weighted by atomic mass is 16.2. The Balaban J connectivity index is 2.31. The van der Waals surface area contributed by atoms with Crippen LogP contribution in [0.5, 0.6) is 0 Å². The lowest BCUT2D eigenvalue weighted by Gasteiger charge is -2.29. The Bertz CT molecular complexity index is 234. The van der Waals surface area contributed by atoms with Gasteiger partial charge in [-0.1, -0.05) is 26.7 Å². The maximum Gasteiger partial charge on any atom is 0.236 e. The third-order valence-electron chi connectivity index (χ3n) is 4.14. The molecule has 1 unspecified atom stereocenters. The van der Waals surface area contributed by atoms with Crippen molar-refractivity contribution in [2.24, 2.45) is 5.41 Å². The van der Waals surface area contributed by atoms with Crippen LogP contribution in [-0.2, 0) is 4.79 Å². The summed E-state index contributed by atoms with van der Waals surface area (Å²) in [7, 11) is 0. The van der Waals surface area contributed by atoms with Crippen molar-refractivity contribution >= 4 is 5.91 Å². The first-order valence-electron chi connectivity index (χ1n) is 7.14. The number of nitrogens with one attached hydrogen (secondary N) is 2. The van der Waals surface area contributed by atoms with Gasteiger partial charge in [0.05, 0.1) is 6.04 Å². The molecule has 1 saturated carbocycles. The van der Waals surface area contributed by atoms with Crippen LogP contribution in [0.2, 0.25) is 0 Å². The minimum Gasteiger partial charge on any atom is -0.355 e. The van der Waals surface area contributed by atoms with Gasteiger partial charge in [0.2, 0.25) is 5.91 Å². The van der Waals surface area contributed by atoms with Crippen LogP contribution < -0.4 is 10.6 Å². The number of carbonyl (C=O) groups excluding carboxylic acids is 1. The third kappa shape index (κ3) is 4.30. The van der Waals surface area contributed by atoms with Crippen LogP contribution in [0.25, 0.3) is 0 Å². The number of hydrogen-bond donors (Lipinski definition) is 2. The fraction of sp³-hybridized carbons (Fsp3) is 0.929. The van der Waals surface area contributed by atoms with Gasteiger partial charge in [0.25, 0.3) is 0 Å². The minimum atomic E-state index is -0.0643. The predicted molar refractivity (Wildman–Crippen MR) is 72.0 cm³/mol. The molecule has 1 amide bonds. The number of hydrogen-bond acceptors (Lipinski definition) is 2. The largest absolute Gasteiger partial charge is 0.355 e. The number of rotatable bonds is 7. The van der Waals surface area contributed by atoms with Crippen LogP contribution in [0.3, 0.4) is 0 Å². The highest BCUT2D eigenvalue weighted by Gasteiger charge is 2.32. The Kier molecular flexibility index (Phi) is 5.96. The molecule has 2 N–H and O–H groups in total. The molecule has 17 heavy (non-hydrogen) atoms. The SMILES string of the molecule is CCCNC(=O)C(C)NCC1(CC)CCCC1. The second-order valence-electron chi connectivity index (χ2n) is 5.45. The van der Waals surface area contributed by atoms with Gasteiger partial charge in [-0.15, -0.1) is 0 Å². The lowest BCUT2D eigenvalue weighted by atomic mass is 9.83. The summed E-state index contributed by atoms with van der Waals surface area (Å²) < 4.78 is 0. The zero-order valence-corrected chi connectivity index (χ0v) is 11.6. The van der Waals surface area contributed by atoms with Crippen molar-refractivity contribution in [1.82, 2.24) is 10.6 Å². The summed E-state index contributed by atoms with van der Waals surface area (Å²) in [5.41, 5.74) is 0.458. The standard InChI is InChI=1S/C14H28N2O/c1-4-10-15-13(17)12(3)16-11-14(5-2)8-6-7-9-14/h12,16H,4-11H2,1-3H3,(H,15,17). The smallest absolute Gasteiger partial charge is 0.236 e. The van der Waals surface area contributed by atoms with E-state index in [1.54, 1.807) is 0 Å². The normalized spacial score (nSPS) is 20.2. The summed E-state index contributed by atoms with van der Waals surface area (Å²) >= 11 is 0. The third-order valence-corrected chi connectivity index (χ3v) is 4.14. The zero-order chi connectivity index (χ0) is 12.7. The fourth-order valence-corrected chi connectivity index (χ4v) is 2.64. The first-order chi connectivity index (χ1) is 8.13. The van der Waals surface area contributed by atoms with Crippen LogP contribution >= 0.6 is 0 Å². The summed E-state index contributed by atoms with van der Waals surface area (Å²) in [5.74, 6) is 0.135. The first kappa shape index (κ1) is 14.5. The molecule has 0 aromatic carbocycles. The van der Waals surface area contributed by atoms with Gasteiger partial charge in [0.15, 0.2) is 0 Å². The van der Waals surface area contributed by atoms with Crippen molar-refractivity contribution in [3.05, 3.63) is 0 Å². The first-order valence-corrected chi connectivity index (χ1v) is 7.14. The topological polar surface area (TPSA) is 41.1 Å². The van der Waals surface area contributed by atoms with Gasteiger partial charge in [-0.25, -0.2) is 0 Å². The maximum atomic E-state index is 11.7. The van der Waals surface area contributed by atoms with Crippen LogP contribution in [0.4, 0.5) is 0 Å². The Labute approximate surface area is 106 Å². The van der Waals surface area contributed by atoms with E-state index in [4.69, 9.17) is 0 Å². The van der Waals surface area contributed by atoms with Crippen molar-refractivity contribution in [3.8, 4) is 0 Å². The van der Waals surface area contributed by atoms with Gasteiger partial charge < -0.3 is 10.6 Å². The molecule has 1 aliphatic rings. The molecule has 0 saturated heterocycles. The van der Waals surface area contributed by atoms with Crippen LogP contribution in [0, 0.1) is 5.41 Å². The van der Waals surface area contributed by atoms with Crippen molar-refractivity contribution in [3.63, 3.8) is 0 Å². The van der Waals surface area contributed by atoms with Crippen LogP contribution in [-0.4, -0.2) is 25.0 Å². The molecule has 1 rings (SSSR count). The Morgan fingerprint density at radius 1 is 1.29 bits per heavy atom. The molecular formula is C14H28N2O. The molecule has 1 aliphatic carbocycles. The second-order valence-corrected chi connectivity index (χ2v) is 5.45. The van der Waals surface area contributed by atoms with Crippen LogP contribution in [0.15, 0.2) is 0 Å². The molecule has 1 fully saturated rings. The minimum absolute atomic E-state index is 0.0643. The summed E-state index contributed by atoms with van der Waals surface area (Å²) in [5, 5.41) is 6.35. The van der Waals surface area contributed by atoms with Crippen molar-refractivity contribution < 1.29 is 4.79 Å². The Morgan fingerprint density at radius 3 is 2.47 bits per heavy atom. The second kappa shape index (κ2) is 7.00. The molecule has 0 aliphatic heterocycles. The summed E-state index contributed by atoms with van der Waals surface area (Å²) in [6, 6.07) is -0.0643. The van der Waals surface area contributed by atoms with Gasteiger partial charge in [-0.05, 0) is 38.0 Å². The molecule has 1 atom stereocenters. The molecule has 0 aromatic rings. The van der Waals surface area contributed by atoms with E-state index in [9.17, 15) is 4.79 Å². The highest BCUT2D eigenvalue weighted by Crippen LogP contribution is 2.40. The average molecular weight is 240 g/mol. The van der Waals surface area contributed by atoms with E-state index in [-0.39, 0.29) is 11.9 Å². The van der Waals surface area contributed by atoms with Crippen molar-refractivity contribution in [2.75, 3.05) is 13.1 Å². The molecule has 0 radical (unpaired) electrons. The van der Waals surface area contributed by atoms with E-state index in [1.165, 1.54) is 32.1 Å². The quantitative estimate of drug-likeness (QED) is 0.718. The zero-order valence-electron chi connectivity index (χ0n) is 11.6. The summed E-state index contributed by atoms with van der Waals surface area (Å²) in [6.07, 6.45) is 7.57. The van der Waals surface area contributed by atoms with Gasteiger partial charge in [0.1, 0.15) is 0 Å². The molecule has 3 heteroatoms. The van der Waals surface area contributed by atoms with Gasteiger partial charge in [-0.3, -0.25) is 4.79 Å². The molecule has 3 nitrogen and oxygen atoms in total. The molecule has 100 valence electrons. The van der Waals surface area contributed by atoms with E-state index in [0.717, 1.165) is 19.5 Å². The number of carbonyl (C=O) groups is 1. The molecule has 0 bridgehead atoms. The Hall–Kier alpha value is -0.570. The monoisotopic (exact) mass is 240 g/mol. The lowest BCUT2D eigenvalue weighted by Crippen LogP contribution is -2.46. The van der Waals surface area contributed by atoms with E-state index in [0.29, 0.717) is 5.41 Å². The van der Waals surface area contributed by atoms with Crippen LogP contribution in [0.1, 0.15) is 59.3 Å². The molecule has 0 aromatic heterocycles. The molecule has 0 heterocycles. The van der Waals surface area contributed by atoms with Crippen molar-refractivity contribution in [1.29, 1.82) is 0 Å². The van der Waals surface area contributed by atoms with E-state index < -0.39 is 0 Å². The molecular weight excluding hydrogens is 212 g/mol. The van der Waals surface area contributed by atoms with E-state index in [2.05, 4.69) is 24.5 Å². The average Bonchev–Trinajstić information content (AvgIpc) is 2.82. The van der Waals surface area contributed by atoms with E-state index >= 15 is 0 Å². The lowest BCUT2D eigenvalue weighted by molar-refractivity contribution is -0.122. The number of amides is 1. The van der Waals surface area contributed by atoms with E-state index in [1.807, 2.05) is 6.92 Å². The summed E-state index contributed by atoms with van der Waals surface area (Å²) in [6.45, 7) is 8.08. The maximum absolute atomic E-state index is 11.7. The van der Waals surface area contributed by atoms with Gasteiger partial charge >= 0.3 is 0 Å². The van der Waals surface area contributed by atoms with Gasteiger partial charge in [-0.2, -0.15) is 0 Å². The predicted octanol–water partition coefficient (Wildman–Crippen LogP) is 2.46. The highest BCUT2D eigenvalue weighted by molar-refractivity contribution is 5.81. The van der Waals surface area contributed by atoms with Crippen molar-refractivity contribution in [2.45, 2.75) is 65.3 Å². The molecule has 0 spiro atoms. The summed E-state index contributed by atoms with van der Waals surface area (Å²) in [4.78, 5) is 11.7. The van der Waals surface area contributed by atoms with Gasteiger partial charge in [0, 0.05) is 13.1 Å². The Morgan fingerprint density at radius 2 is 1.94 bits per heavy atom. The fourth-order valence-electron chi connectivity index (χ4n) is 2.64.